The van der Waals surface area contributed by atoms with Gasteiger partial charge in [-0.25, -0.2) is 0 Å². The molecule has 0 atom stereocenters. The Balaban J connectivity index is 1.31. The number of rotatable bonds is 5. The normalized spacial score (nSPS) is 15.0. The fraction of sp³-hybridized carbons (Fsp3) is 0.302. The Hall–Kier alpha value is -6.46. The molecule has 0 unspecified atom stereocenters. The first kappa shape index (κ1) is 44.1. The lowest BCUT2D eigenvalue weighted by Crippen LogP contribution is -2.61. The van der Waals surface area contributed by atoms with E-state index in [1.165, 1.54) is 77.8 Å². The van der Waals surface area contributed by atoms with Gasteiger partial charge in [0.1, 0.15) is 5.58 Å². The third kappa shape index (κ3) is 7.18. The molecule has 1 aliphatic carbocycles. The minimum Gasteiger partial charge on any atom is -0.440 e. The molecule has 8 aromatic rings. The molecule has 0 spiro atoms. The zero-order chi connectivity index (χ0) is 47.8. The van der Waals surface area contributed by atoms with E-state index in [4.69, 9.17) is 4.42 Å². The summed E-state index contributed by atoms with van der Waals surface area (Å²) in [5.74, 6) is 0.892. The average molecular weight is 892 g/mol. The minimum absolute atomic E-state index is 0.00163. The molecule has 0 saturated heterocycles. The van der Waals surface area contributed by atoms with Gasteiger partial charge in [-0.1, -0.05) is 149 Å². The largest absolute Gasteiger partial charge is 0.440 e. The number of anilines is 9. The van der Waals surface area contributed by atoms with Crippen LogP contribution in [0.1, 0.15) is 115 Å². The highest BCUT2D eigenvalue weighted by Gasteiger charge is 2.48. The number of benzene rings is 7. The summed E-state index contributed by atoms with van der Waals surface area (Å²) in [4.78, 5) is 7.55. The van der Waals surface area contributed by atoms with Crippen molar-refractivity contribution in [1.82, 2.24) is 0 Å². The first-order valence-electron chi connectivity index (χ1n) is 24.8. The monoisotopic (exact) mass is 892 g/mol. The second-order valence-electron chi connectivity index (χ2n) is 24.0. The van der Waals surface area contributed by atoms with Crippen molar-refractivity contribution in [3.8, 4) is 0 Å². The van der Waals surface area contributed by atoms with Crippen LogP contribution in [0.5, 0.6) is 0 Å². The highest BCUT2D eigenvalue weighted by atomic mass is 16.4. The van der Waals surface area contributed by atoms with Crippen LogP contribution in [0.15, 0.2) is 144 Å². The predicted molar refractivity (Wildman–Crippen MR) is 292 cm³/mol. The summed E-state index contributed by atoms with van der Waals surface area (Å²) in [6, 6.07) is 52.9. The van der Waals surface area contributed by atoms with E-state index in [-0.39, 0.29) is 28.4 Å². The maximum atomic E-state index is 7.38. The van der Waals surface area contributed by atoms with Gasteiger partial charge in [-0.15, -0.1) is 0 Å². The van der Waals surface area contributed by atoms with E-state index in [9.17, 15) is 0 Å². The molecule has 11 rings (SSSR count). The van der Waals surface area contributed by atoms with Gasteiger partial charge in [-0.3, -0.25) is 4.90 Å². The van der Waals surface area contributed by atoms with Crippen LogP contribution in [0.2, 0.25) is 0 Å². The van der Waals surface area contributed by atoms with E-state index in [1.54, 1.807) is 0 Å². The van der Waals surface area contributed by atoms with Crippen LogP contribution in [0.25, 0.3) is 11.0 Å². The first-order chi connectivity index (χ1) is 32.2. The van der Waals surface area contributed by atoms with Crippen LogP contribution < -0.4 is 31.1 Å². The Kier molecular flexibility index (Phi) is 9.90. The van der Waals surface area contributed by atoms with Crippen LogP contribution in [0, 0.1) is 19.3 Å². The highest BCUT2D eigenvalue weighted by molar-refractivity contribution is 7.01. The van der Waals surface area contributed by atoms with Crippen LogP contribution in [-0.4, -0.2) is 6.71 Å². The number of para-hydroxylation sites is 2. The van der Waals surface area contributed by atoms with E-state index in [1.807, 2.05) is 0 Å². The van der Waals surface area contributed by atoms with Crippen LogP contribution in [0.3, 0.4) is 0 Å². The van der Waals surface area contributed by atoms with Gasteiger partial charge in [-0.05, 0) is 165 Å². The first-order valence-corrected chi connectivity index (χ1v) is 24.8. The Morgan fingerprint density at radius 1 is 0.515 bits per heavy atom. The molecule has 7 aromatic carbocycles. The van der Waals surface area contributed by atoms with Gasteiger partial charge in [-0.2, -0.15) is 0 Å². The van der Waals surface area contributed by atoms with E-state index in [0.717, 1.165) is 52.7 Å². The lowest BCUT2D eigenvalue weighted by Gasteiger charge is -2.44. The highest BCUT2D eigenvalue weighted by Crippen LogP contribution is 2.52. The van der Waals surface area contributed by atoms with Gasteiger partial charge in [0.25, 0.3) is 6.71 Å². The van der Waals surface area contributed by atoms with Gasteiger partial charge < -0.3 is 14.2 Å². The van der Waals surface area contributed by atoms with Gasteiger partial charge in [0.15, 0.2) is 0 Å². The van der Waals surface area contributed by atoms with Crippen molar-refractivity contribution in [2.45, 2.75) is 119 Å². The third-order valence-electron chi connectivity index (χ3n) is 15.1. The fourth-order valence-corrected chi connectivity index (χ4v) is 11.6. The lowest BCUT2D eigenvalue weighted by atomic mass is 9.33. The molecule has 1 aromatic heterocycles. The molecule has 342 valence electrons. The summed E-state index contributed by atoms with van der Waals surface area (Å²) in [6.07, 6.45) is 2.11. The summed E-state index contributed by atoms with van der Waals surface area (Å²) >= 11 is 0. The number of nitrogens with zero attached hydrogens (tertiary/aromatic N) is 3. The molecule has 4 nitrogen and oxygen atoms in total. The lowest BCUT2D eigenvalue weighted by molar-refractivity contribution is 0.392. The predicted octanol–water partition coefficient (Wildman–Crippen LogP) is 15.6. The summed E-state index contributed by atoms with van der Waals surface area (Å²) in [7, 11) is 0. The molecule has 2 aliphatic heterocycles. The molecule has 0 bridgehead atoms. The Morgan fingerprint density at radius 3 is 1.60 bits per heavy atom. The average Bonchev–Trinajstić information content (AvgIpc) is 3.81. The Morgan fingerprint density at radius 2 is 1.04 bits per heavy atom. The van der Waals surface area contributed by atoms with Crippen LogP contribution in [0.4, 0.5) is 51.4 Å². The molecule has 3 heterocycles. The quantitative estimate of drug-likeness (QED) is 0.161. The molecular formula is C63H66BN3O. The van der Waals surface area contributed by atoms with Crippen molar-refractivity contribution >= 4 is 85.5 Å². The van der Waals surface area contributed by atoms with E-state index in [2.05, 4.69) is 244 Å². The van der Waals surface area contributed by atoms with Crippen molar-refractivity contribution < 1.29 is 4.42 Å². The standard InChI is InChI=1S/C63H66BN3O/c1-39-30-45(62(9,10)11)31-40(2)58(39)67-52-33-42-38-63(12,13)37-41(42)32-51(52)64-56-50-34-44(61(6,7)8)26-29-55(50)68-59(56)66(48-27-24-43(25-28-48)60(3,4)5)53-35-49(36-54(67)57(53)64)65(46-20-16-14-17-21-46)47-22-18-15-19-23-47/h14-36H,37-38H2,1-13H3. The van der Waals surface area contributed by atoms with Gasteiger partial charge in [0.05, 0.1) is 11.4 Å². The van der Waals surface area contributed by atoms with Gasteiger partial charge in [0, 0.05) is 45.0 Å². The summed E-state index contributed by atoms with van der Waals surface area (Å²) in [6.45, 7) is 30.2. The number of hydrogen-bond acceptors (Lipinski definition) is 4. The fourth-order valence-electron chi connectivity index (χ4n) is 11.6. The summed E-state index contributed by atoms with van der Waals surface area (Å²) in [5, 5.41) is 1.19. The van der Waals surface area contributed by atoms with Crippen molar-refractivity contribution in [1.29, 1.82) is 0 Å². The summed E-state index contributed by atoms with van der Waals surface area (Å²) < 4.78 is 7.38. The van der Waals surface area contributed by atoms with Crippen LogP contribution >= 0.6 is 0 Å². The van der Waals surface area contributed by atoms with Crippen molar-refractivity contribution in [2.75, 3.05) is 14.7 Å². The molecule has 0 radical (unpaired) electrons. The molecule has 68 heavy (non-hydrogen) atoms. The number of fused-ring (bicyclic) bond motifs is 7. The van der Waals surface area contributed by atoms with Crippen molar-refractivity contribution in [2.24, 2.45) is 5.41 Å². The Labute approximate surface area is 405 Å². The minimum atomic E-state index is -0.0951. The van der Waals surface area contributed by atoms with Gasteiger partial charge in [0.2, 0.25) is 5.88 Å². The van der Waals surface area contributed by atoms with Crippen LogP contribution in [-0.2, 0) is 29.1 Å². The second kappa shape index (κ2) is 15.3. The van der Waals surface area contributed by atoms with E-state index >= 15 is 0 Å². The SMILES string of the molecule is Cc1cc(C(C)(C)C)cc(C)c1N1c2cc3c(cc2B2c4c(cc(N(c5ccccc5)c5ccccc5)cc41)N(c1ccc(C(C)(C)C)cc1)c1oc4ccc(C(C)(C)C)cc4c12)CC(C)(C)C3. The molecule has 0 N–H and O–H groups in total. The number of aryl methyl sites for hydroxylation is 2. The molecule has 5 heteroatoms. The zero-order valence-electron chi connectivity index (χ0n) is 42.5. The topological polar surface area (TPSA) is 22.9 Å². The molecule has 0 fully saturated rings. The Bertz CT molecular complexity index is 3220. The van der Waals surface area contributed by atoms with E-state index < -0.39 is 0 Å². The van der Waals surface area contributed by atoms with Crippen molar-refractivity contribution in [3.05, 3.63) is 178 Å². The van der Waals surface area contributed by atoms with Gasteiger partial charge >= 0.3 is 0 Å². The number of furan rings is 1. The molecule has 0 saturated carbocycles. The molecular weight excluding hydrogens is 826 g/mol. The maximum absolute atomic E-state index is 7.38. The summed E-state index contributed by atoms with van der Waals surface area (Å²) in [5.41, 5.74) is 23.6. The van der Waals surface area contributed by atoms with Crippen molar-refractivity contribution in [3.63, 3.8) is 0 Å². The maximum Gasteiger partial charge on any atom is 0.257 e. The zero-order valence-corrected chi connectivity index (χ0v) is 42.5. The smallest absolute Gasteiger partial charge is 0.257 e. The van der Waals surface area contributed by atoms with E-state index in [0.29, 0.717) is 0 Å². The molecule has 3 aliphatic rings. The number of hydrogen-bond donors (Lipinski definition) is 0. The molecule has 0 amide bonds. The third-order valence-corrected chi connectivity index (χ3v) is 15.1. The second-order valence-corrected chi connectivity index (χ2v) is 24.0.